The van der Waals surface area contributed by atoms with Gasteiger partial charge in [-0.2, -0.15) is 13.2 Å². The molecule has 2 heterocycles. The third-order valence-corrected chi connectivity index (χ3v) is 4.49. The van der Waals surface area contributed by atoms with Crippen LogP contribution in [0.3, 0.4) is 0 Å². The van der Waals surface area contributed by atoms with Gasteiger partial charge in [0.1, 0.15) is 5.69 Å². The van der Waals surface area contributed by atoms with Crippen molar-refractivity contribution < 1.29 is 13.2 Å². The number of hydrogen-bond donors (Lipinski definition) is 1. The van der Waals surface area contributed by atoms with Crippen LogP contribution in [0.2, 0.25) is 0 Å². The third-order valence-electron chi connectivity index (χ3n) is 4.49. The summed E-state index contributed by atoms with van der Waals surface area (Å²) in [6.07, 6.45) is -4.62. The minimum absolute atomic E-state index is 0.00559. The van der Waals surface area contributed by atoms with Gasteiger partial charge in [-0.15, -0.1) is 5.10 Å². The molecule has 3 aromatic rings. The zero-order chi connectivity index (χ0) is 21.6. The summed E-state index contributed by atoms with van der Waals surface area (Å²) in [5.74, 6) is -0.838. The second-order valence-corrected chi connectivity index (χ2v) is 9.04. The van der Waals surface area contributed by atoms with Gasteiger partial charge < -0.3 is 0 Å². The summed E-state index contributed by atoms with van der Waals surface area (Å²) in [5, 5.41) is 5.62. The van der Waals surface area contributed by atoms with Crippen LogP contribution in [-0.4, -0.2) is 25.1 Å². The molecule has 8 heteroatoms. The fourth-order valence-electron chi connectivity index (χ4n) is 2.70. The first-order valence-corrected chi connectivity index (χ1v) is 9.25. The number of halogens is 3. The second kappa shape index (κ2) is 6.93. The van der Waals surface area contributed by atoms with Crippen molar-refractivity contribution >= 4 is 0 Å². The number of H-pyrrole nitrogens is 1. The van der Waals surface area contributed by atoms with Gasteiger partial charge in [-0.05, 0) is 17.0 Å². The first-order valence-electron chi connectivity index (χ1n) is 9.25. The monoisotopic (exact) mass is 403 g/mol. The van der Waals surface area contributed by atoms with Gasteiger partial charge in [0.2, 0.25) is 0 Å². The van der Waals surface area contributed by atoms with E-state index >= 15 is 0 Å². The van der Waals surface area contributed by atoms with Crippen LogP contribution >= 0.6 is 0 Å². The highest BCUT2D eigenvalue weighted by molar-refractivity contribution is 5.61. The van der Waals surface area contributed by atoms with E-state index in [9.17, 15) is 13.2 Å². The van der Waals surface area contributed by atoms with Crippen LogP contribution in [0.1, 0.15) is 58.6 Å². The van der Waals surface area contributed by atoms with Gasteiger partial charge in [0.15, 0.2) is 11.6 Å². The Morgan fingerprint density at radius 3 is 1.90 bits per heavy atom. The van der Waals surface area contributed by atoms with E-state index in [2.05, 4.69) is 45.9 Å². The van der Waals surface area contributed by atoms with Crippen molar-refractivity contribution in [2.75, 3.05) is 0 Å². The molecular weight excluding hydrogens is 379 g/mol. The van der Waals surface area contributed by atoms with Crippen LogP contribution in [0.5, 0.6) is 0 Å². The van der Waals surface area contributed by atoms with E-state index in [1.54, 1.807) is 6.07 Å². The van der Waals surface area contributed by atoms with Gasteiger partial charge in [-0.25, -0.2) is 15.0 Å². The van der Waals surface area contributed by atoms with Crippen molar-refractivity contribution in [1.29, 1.82) is 0 Å². The van der Waals surface area contributed by atoms with Gasteiger partial charge in [0.25, 0.3) is 5.82 Å². The maximum absolute atomic E-state index is 12.9. The normalized spacial score (nSPS) is 13.0. The summed E-state index contributed by atoms with van der Waals surface area (Å²) in [6.45, 7) is 12.3. The molecule has 0 bridgehead atoms. The molecular formula is C21H24F3N5. The Morgan fingerprint density at radius 2 is 1.41 bits per heavy atom. The molecule has 154 valence electrons. The summed E-state index contributed by atoms with van der Waals surface area (Å²) in [4.78, 5) is 12.7. The highest BCUT2D eigenvalue weighted by Crippen LogP contribution is 2.31. The SMILES string of the molecule is CC(C)(C)c1ccc(-c2nc(-c3nc(C(F)(F)F)n[nH]3)cc(C(C)(C)C)n2)cc1. The molecule has 0 spiro atoms. The van der Waals surface area contributed by atoms with E-state index in [0.717, 1.165) is 5.56 Å². The number of hydrogen-bond acceptors (Lipinski definition) is 4. The lowest BCUT2D eigenvalue weighted by Gasteiger charge is -2.20. The Balaban J connectivity index is 2.11. The van der Waals surface area contributed by atoms with E-state index in [1.807, 2.05) is 45.0 Å². The van der Waals surface area contributed by atoms with Gasteiger partial charge >= 0.3 is 6.18 Å². The molecule has 0 saturated carbocycles. The Morgan fingerprint density at radius 1 is 0.793 bits per heavy atom. The van der Waals surface area contributed by atoms with Crippen molar-refractivity contribution in [3.63, 3.8) is 0 Å². The molecule has 0 aliphatic carbocycles. The second-order valence-electron chi connectivity index (χ2n) is 9.04. The summed E-state index contributed by atoms with van der Waals surface area (Å²) in [7, 11) is 0. The maximum atomic E-state index is 12.9. The number of nitrogens with one attached hydrogen (secondary N) is 1. The molecule has 0 unspecified atom stereocenters. The van der Waals surface area contributed by atoms with Crippen LogP contribution in [0, 0.1) is 0 Å². The molecule has 0 fully saturated rings. The smallest absolute Gasteiger partial charge is 0.257 e. The molecule has 0 aliphatic rings. The fourth-order valence-corrected chi connectivity index (χ4v) is 2.70. The highest BCUT2D eigenvalue weighted by atomic mass is 19.4. The summed E-state index contributed by atoms with van der Waals surface area (Å²) >= 11 is 0. The number of rotatable bonds is 2. The molecule has 2 aromatic heterocycles. The molecule has 5 nitrogen and oxygen atoms in total. The molecule has 0 atom stereocenters. The largest absolute Gasteiger partial charge is 0.453 e. The summed E-state index contributed by atoms with van der Waals surface area (Å²) in [6, 6.07) is 9.52. The lowest BCUT2D eigenvalue weighted by molar-refractivity contribution is -0.144. The number of aromatic nitrogens is 5. The minimum Gasteiger partial charge on any atom is -0.257 e. The molecule has 1 aromatic carbocycles. The Kier molecular flexibility index (Phi) is 5.01. The van der Waals surface area contributed by atoms with Crippen molar-refractivity contribution in [2.45, 2.75) is 58.5 Å². The number of benzene rings is 1. The number of aromatic amines is 1. The van der Waals surface area contributed by atoms with Gasteiger partial charge in [-0.3, -0.25) is 5.10 Å². The maximum Gasteiger partial charge on any atom is 0.453 e. The Bertz CT molecular complexity index is 1010. The molecule has 0 saturated heterocycles. The zero-order valence-electron chi connectivity index (χ0n) is 17.3. The Labute approximate surface area is 167 Å². The van der Waals surface area contributed by atoms with Crippen molar-refractivity contribution in [3.05, 3.63) is 47.4 Å². The lowest BCUT2D eigenvalue weighted by Crippen LogP contribution is -2.15. The summed E-state index contributed by atoms with van der Waals surface area (Å²) < 4.78 is 38.7. The molecule has 3 rings (SSSR count). The van der Waals surface area contributed by atoms with Gasteiger partial charge in [-0.1, -0.05) is 65.8 Å². The number of alkyl halides is 3. The predicted octanol–water partition coefficient (Wildman–Crippen LogP) is 5.54. The first-order chi connectivity index (χ1) is 13.2. The zero-order valence-corrected chi connectivity index (χ0v) is 17.3. The molecule has 0 radical (unpaired) electrons. The minimum atomic E-state index is -4.62. The summed E-state index contributed by atoms with van der Waals surface area (Å²) in [5.41, 5.74) is 2.58. The molecule has 0 amide bonds. The average Bonchev–Trinajstić information content (AvgIpc) is 3.10. The highest BCUT2D eigenvalue weighted by Gasteiger charge is 2.36. The standard InChI is InChI=1S/C21H24F3N5/c1-19(2,3)13-9-7-12(8-10-13)16-25-14(11-15(26-16)20(4,5)6)17-27-18(29-28-17)21(22,23)24/h7-11H,1-6H3,(H,27,28,29). The topological polar surface area (TPSA) is 67.3 Å². The van der Waals surface area contributed by atoms with Crippen molar-refractivity contribution in [2.24, 2.45) is 0 Å². The predicted molar refractivity (Wildman–Crippen MR) is 105 cm³/mol. The van der Waals surface area contributed by atoms with Crippen molar-refractivity contribution in [1.82, 2.24) is 25.1 Å². The third kappa shape index (κ3) is 4.63. The van der Waals surface area contributed by atoms with Crippen LogP contribution in [0.4, 0.5) is 13.2 Å². The van der Waals surface area contributed by atoms with E-state index in [-0.39, 0.29) is 22.3 Å². The fraction of sp³-hybridized carbons (Fsp3) is 0.429. The first kappa shape index (κ1) is 21.0. The van der Waals surface area contributed by atoms with E-state index in [1.165, 1.54) is 5.56 Å². The average molecular weight is 403 g/mol. The van der Waals surface area contributed by atoms with Gasteiger partial charge in [0, 0.05) is 11.0 Å². The van der Waals surface area contributed by atoms with Crippen LogP contribution in [0.25, 0.3) is 22.9 Å². The van der Waals surface area contributed by atoms with Crippen LogP contribution in [-0.2, 0) is 17.0 Å². The van der Waals surface area contributed by atoms with Crippen LogP contribution in [0.15, 0.2) is 30.3 Å². The molecule has 1 N–H and O–H groups in total. The molecule has 29 heavy (non-hydrogen) atoms. The number of nitrogens with zero attached hydrogens (tertiary/aromatic N) is 4. The van der Waals surface area contributed by atoms with E-state index in [0.29, 0.717) is 11.5 Å². The molecule has 0 aliphatic heterocycles. The van der Waals surface area contributed by atoms with Crippen LogP contribution < -0.4 is 0 Å². The quantitative estimate of drug-likeness (QED) is 0.610. The Hall–Kier alpha value is -2.77. The van der Waals surface area contributed by atoms with Crippen molar-refractivity contribution in [3.8, 4) is 22.9 Å². The lowest BCUT2D eigenvalue weighted by atomic mass is 9.86. The van der Waals surface area contributed by atoms with E-state index in [4.69, 9.17) is 0 Å². The van der Waals surface area contributed by atoms with E-state index < -0.39 is 12.0 Å². The van der Waals surface area contributed by atoms with Gasteiger partial charge in [0.05, 0.1) is 5.69 Å².